The standard InChI is InChI=1S/C17H24N6O/c1-12-9-15(23-17(20-12)18-11-19-23)22-8-4-5-13(10-22)16(24)21-14-6-2-3-7-14/h9,11,13-14H,2-8,10H2,1H3,(H,21,24). The molecule has 128 valence electrons. The molecule has 1 aliphatic carbocycles. The normalized spacial score (nSPS) is 22.2. The summed E-state index contributed by atoms with van der Waals surface area (Å²) in [6.45, 7) is 3.63. The molecule has 0 radical (unpaired) electrons. The molecule has 24 heavy (non-hydrogen) atoms. The van der Waals surface area contributed by atoms with E-state index in [9.17, 15) is 4.79 Å². The van der Waals surface area contributed by atoms with Crippen molar-refractivity contribution in [2.24, 2.45) is 5.92 Å². The molecule has 7 heteroatoms. The SMILES string of the molecule is Cc1cc(N2CCCC(C(=O)NC3CCCC3)C2)n2ncnc2n1. The first-order chi connectivity index (χ1) is 11.7. The van der Waals surface area contributed by atoms with Crippen LogP contribution in [0.5, 0.6) is 0 Å². The van der Waals surface area contributed by atoms with Gasteiger partial charge in [0.1, 0.15) is 12.1 Å². The van der Waals surface area contributed by atoms with Gasteiger partial charge in [0.15, 0.2) is 0 Å². The number of anilines is 1. The molecule has 1 saturated carbocycles. The molecule has 1 saturated heterocycles. The minimum atomic E-state index is 0.0476. The van der Waals surface area contributed by atoms with E-state index in [1.807, 2.05) is 13.0 Å². The van der Waals surface area contributed by atoms with Crippen molar-refractivity contribution in [2.45, 2.75) is 51.5 Å². The molecule has 2 aromatic rings. The largest absolute Gasteiger partial charge is 0.356 e. The fraction of sp³-hybridized carbons (Fsp3) is 0.647. The Balaban J connectivity index is 1.51. The zero-order valence-electron chi connectivity index (χ0n) is 14.1. The molecule has 1 aliphatic heterocycles. The number of fused-ring (bicyclic) bond motifs is 1. The predicted octanol–water partition coefficient (Wildman–Crippen LogP) is 1.71. The minimum absolute atomic E-state index is 0.0476. The number of aromatic nitrogens is 4. The Labute approximate surface area is 141 Å². The van der Waals surface area contributed by atoms with Crippen molar-refractivity contribution in [3.63, 3.8) is 0 Å². The molecule has 3 heterocycles. The van der Waals surface area contributed by atoms with Gasteiger partial charge < -0.3 is 10.2 Å². The van der Waals surface area contributed by atoms with Gasteiger partial charge in [-0.15, -0.1) is 0 Å². The van der Waals surface area contributed by atoms with E-state index in [0.717, 1.165) is 50.3 Å². The van der Waals surface area contributed by atoms with Gasteiger partial charge in [0.25, 0.3) is 5.78 Å². The lowest BCUT2D eigenvalue weighted by molar-refractivity contribution is -0.125. The van der Waals surface area contributed by atoms with Gasteiger partial charge in [-0.3, -0.25) is 4.79 Å². The van der Waals surface area contributed by atoms with Crippen LogP contribution >= 0.6 is 0 Å². The first-order valence-electron chi connectivity index (χ1n) is 8.93. The van der Waals surface area contributed by atoms with E-state index < -0.39 is 0 Å². The Morgan fingerprint density at radius 3 is 2.92 bits per heavy atom. The van der Waals surface area contributed by atoms with E-state index >= 15 is 0 Å². The van der Waals surface area contributed by atoms with Crippen molar-refractivity contribution in [1.29, 1.82) is 0 Å². The predicted molar refractivity (Wildman–Crippen MR) is 90.9 cm³/mol. The summed E-state index contributed by atoms with van der Waals surface area (Å²) in [7, 11) is 0. The number of rotatable bonds is 3. The number of piperidine rings is 1. The lowest BCUT2D eigenvalue weighted by Gasteiger charge is -2.34. The maximum Gasteiger partial charge on any atom is 0.254 e. The Kier molecular flexibility index (Phi) is 4.08. The van der Waals surface area contributed by atoms with Gasteiger partial charge in [0, 0.05) is 30.9 Å². The van der Waals surface area contributed by atoms with Crippen molar-refractivity contribution in [3.8, 4) is 0 Å². The average molecular weight is 328 g/mol. The molecule has 1 N–H and O–H groups in total. The van der Waals surface area contributed by atoms with Crippen LogP contribution in [0.15, 0.2) is 12.4 Å². The maximum absolute atomic E-state index is 12.6. The van der Waals surface area contributed by atoms with Gasteiger partial charge in [-0.1, -0.05) is 12.8 Å². The topological polar surface area (TPSA) is 75.4 Å². The third-order valence-electron chi connectivity index (χ3n) is 5.18. The lowest BCUT2D eigenvalue weighted by Crippen LogP contribution is -2.46. The summed E-state index contributed by atoms with van der Waals surface area (Å²) in [4.78, 5) is 23.5. The highest BCUT2D eigenvalue weighted by Crippen LogP contribution is 2.25. The van der Waals surface area contributed by atoms with Crippen molar-refractivity contribution in [3.05, 3.63) is 18.1 Å². The van der Waals surface area contributed by atoms with Gasteiger partial charge in [-0.05, 0) is 32.6 Å². The maximum atomic E-state index is 12.6. The molecule has 0 aromatic carbocycles. The highest BCUT2D eigenvalue weighted by atomic mass is 16.2. The Hall–Kier alpha value is -2.18. The number of nitrogens with one attached hydrogen (secondary N) is 1. The molecular formula is C17H24N6O. The zero-order chi connectivity index (χ0) is 16.5. The van der Waals surface area contributed by atoms with Crippen LogP contribution in [0, 0.1) is 12.8 Å². The smallest absolute Gasteiger partial charge is 0.254 e. The molecule has 0 bridgehead atoms. The molecule has 0 spiro atoms. The molecule has 7 nitrogen and oxygen atoms in total. The van der Waals surface area contributed by atoms with Crippen LogP contribution < -0.4 is 10.2 Å². The van der Waals surface area contributed by atoms with Gasteiger partial charge in [-0.2, -0.15) is 14.6 Å². The summed E-state index contributed by atoms with van der Waals surface area (Å²) in [6, 6.07) is 2.41. The molecule has 2 fully saturated rings. The number of amides is 1. The van der Waals surface area contributed by atoms with Crippen molar-refractivity contribution in [1.82, 2.24) is 24.9 Å². The van der Waals surface area contributed by atoms with Crippen LogP contribution in [0.1, 0.15) is 44.2 Å². The van der Waals surface area contributed by atoms with Gasteiger partial charge in [-0.25, -0.2) is 4.98 Å². The third kappa shape index (κ3) is 2.95. The van der Waals surface area contributed by atoms with E-state index in [2.05, 4.69) is 25.3 Å². The fourth-order valence-corrected chi connectivity index (χ4v) is 3.92. The van der Waals surface area contributed by atoms with Crippen molar-refractivity contribution < 1.29 is 4.79 Å². The number of carbonyl (C=O) groups excluding carboxylic acids is 1. The van der Waals surface area contributed by atoms with Crippen LogP contribution in [0.25, 0.3) is 5.78 Å². The summed E-state index contributed by atoms with van der Waals surface area (Å²) in [5, 5.41) is 7.54. The van der Waals surface area contributed by atoms with E-state index in [0.29, 0.717) is 11.8 Å². The van der Waals surface area contributed by atoms with Crippen molar-refractivity contribution >= 4 is 17.5 Å². The summed E-state index contributed by atoms with van der Waals surface area (Å²) in [5.41, 5.74) is 0.919. The second kappa shape index (κ2) is 6.37. The highest BCUT2D eigenvalue weighted by Gasteiger charge is 2.29. The number of nitrogens with zero attached hydrogens (tertiary/aromatic N) is 5. The van der Waals surface area contributed by atoms with Crippen LogP contribution in [-0.2, 0) is 4.79 Å². The number of hydrogen-bond acceptors (Lipinski definition) is 5. The minimum Gasteiger partial charge on any atom is -0.356 e. The van der Waals surface area contributed by atoms with Crippen molar-refractivity contribution in [2.75, 3.05) is 18.0 Å². The molecule has 1 amide bonds. The monoisotopic (exact) mass is 328 g/mol. The summed E-state index contributed by atoms with van der Waals surface area (Å²) in [6.07, 6.45) is 8.24. The number of hydrogen-bond donors (Lipinski definition) is 1. The first-order valence-corrected chi connectivity index (χ1v) is 8.93. The summed E-state index contributed by atoms with van der Waals surface area (Å²) >= 11 is 0. The molecule has 2 aliphatic rings. The molecule has 4 rings (SSSR count). The van der Waals surface area contributed by atoms with E-state index in [-0.39, 0.29) is 11.8 Å². The Bertz CT molecular complexity index is 736. The second-order valence-corrected chi connectivity index (χ2v) is 7.00. The number of carbonyl (C=O) groups is 1. The van der Waals surface area contributed by atoms with Crippen LogP contribution in [0.2, 0.25) is 0 Å². The second-order valence-electron chi connectivity index (χ2n) is 7.00. The Morgan fingerprint density at radius 2 is 2.08 bits per heavy atom. The molecule has 2 aromatic heterocycles. The molecular weight excluding hydrogens is 304 g/mol. The quantitative estimate of drug-likeness (QED) is 0.928. The van der Waals surface area contributed by atoms with E-state index in [4.69, 9.17) is 0 Å². The molecule has 1 unspecified atom stereocenters. The van der Waals surface area contributed by atoms with Gasteiger partial charge >= 0.3 is 0 Å². The Morgan fingerprint density at radius 1 is 1.25 bits per heavy atom. The van der Waals surface area contributed by atoms with Crippen LogP contribution in [0.4, 0.5) is 5.82 Å². The van der Waals surface area contributed by atoms with Gasteiger partial charge in [0.05, 0.1) is 5.92 Å². The first kappa shape index (κ1) is 15.4. The van der Waals surface area contributed by atoms with Crippen LogP contribution in [0.3, 0.4) is 0 Å². The third-order valence-corrected chi connectivity index (χ3v) is 5.18. The highest BCUT2D eigenvalue weighted by molar-refractivity contribution is 5.80. The van der Waals surface area contributed by atoms with Gasteiger partial charge in [0.2, 0.25) is 5.91 Å². The fourth-order valence-electron chi connectivity index (χ4n) is 3.92. The summed E-state index contributed by atoms with van der Waals surface area (Å²) < 4.78 is 1.77. The van der Waals surface area contributed by atoms with E-state index in [1.165, 1.54) is 19.2 Å². The molecule has 1 atom stereocenters. The number of aryl methyl sites for hydroxylation is 1. The van der Waals surface area contributed by atoms with E-state index in [1.54, 1.807) is 4.52 Å². The lowest BCUT2D eigenvalue weighted by atomic mass is 9.96. The zero-order valence-corrected chi connectivity index (χ0v) is 14.1. The average Bonchev–Trinajstić information content (AvgIpc) is 3.25. The summed E-state index contributed by atoms with van der Waals surface area (Å²) in [5.74, 6) is 1.86. The van der Waals surface area contributed by atoms with Crippen LogP contribution in [-0.4, -0.2) is 44.6 Å².